The summed E-state index contributed by atoms with van der Waals surface area (Å²) in [6.07, 6.45) is 5.14. The number of rotatable bonds is 6. The van der Waals surface area contributed by atoms with E-state index in [0.717, 1.165) is 43.9 Å². The number of thiazole rings is 1. The summed E-state index contributed by atoms with van der Waals surface area (Å²) in [7, 11) is -3.10. The molecule has 0 spiro atoms. The van der Waals surface area contributed by atoms with E-state index in [0.29, 0.717) is 0 Å². The Bertz CT molecular complexity index is 465. The maximum Gasteiger partial charge on any atom is 0.211 e. The summed E-state index contributed by atoms with van der Waals surface area (Å²) in [5.74, 6) is 0.246. The second-order valence-electron chi connectivity index (χ2n) is 4.87. The molecule has 1 saturated heterocycles. The highest BCUT2D eigenvalue weighted by molar-refractivity contribution is 7.89. The first-order valence-corrected chi connectivity index (χ1v) is 9.28. The van der Waals surface area contributed by atoms with E-state index >= 15 is 0 Å². The van der Waals surface area contributed by atoms with Crippen LogP contribution in [0.25, 0.3) is 0 Å². The number of piperidine rings is 1. The lowest BCUT2D eigenvalue weighted by molar-refractivity contribution is 0.459. The molecule has 2 heterocycles. The van der Waals surface area contributed by atoms with E-state index in [1.54, 1.807) is 17.5 Å². The van der Waals surface area contributed by atoms with E-state index in [4.69, 9.17) is 0 Å². The second-order valence-corrected chi connectivity index (χ2v) is 7.61. The first kappa shape index (κ1) is 14.7. The van der Waals surface area contributed by atoms with Crippen LogP contribution in [0.5, 0.6) is 0 Å². The summed E-state index contributed by atoms with van der Waals surface area (Å²) in [6, 6.07) is 0.0815. The second kappa shape index (κ2) is 6.67. The lowest BCUT2D eigenvalue weighted by Gasteiger charge is -2.31. The van der Waals surface area contributed by atoms with Crippen molar-refractivity contribution in [1.82, 2.24) is 9.71 Å². The van der Waals surface area contributed by atoms with Crippen LogP contribution in [0.3, 0.4) is 0 Å². The first-order chi connectivity index (χ1) is 9.11. The lowest BCUT2D eigenvalue weighted by Crippen LogP contribution is -2.45. The molecule has 0 amide bonds. The van der Waals surface area contributed by atoms with Gasteiger partial charge in [-0.25, -0.2) is 18.1 Å². The van der Waals surface area contributed by atoms with Gasteiger partial charge in [0, 0.05) is 30.7 Å². The molecule has 0 bridgehead atoms. The molecule has 1 aliphatic rings. The molecule has 0 unspecified atom stereocenters. The van der Waals surface area contributed by atoms with Crippen molar-refractivity contribution in [3.05, 3.63) is 11.6 Å². The van der Waals surface area contributed by atoms with Crippen molar-refractivity contribution in [1.29, 1.82) is 0 Å². The summed E-state index contributed by atoms with van der Waals surface area (Å²) < 4.78 is 26.5. The van der Waals surface area contributed by atoms with Gasteiger partial charge in [-0.1, -0.05) is 13.3 Å². The third-order valence-electron chi connectivity index (χ3n) is 3.30. The number of unbranched alkanes of at least 4 members (excludes halogenated alkanes) is 1. The number of nitrogens with zero attached hydrogens (tertiary/aromatic N) is 2. The molecule has 1 fully saturated rings. The Morgan fingerprint density at radius 3 is 2.79 bits per heavy atom. The Morgan fingerprint density at radius 2 is 2.21 bits per heavy atom. The van der Waals surface area contributed by atoms with Crippen LogP contribution in [-0.2, 0) is 10.0 Å². The summed E-state index contributed by atoms with van der Waals surface area (Å²) in [5, 5.41) is 3.00. The van der Waals surface area contributed by atoms with Gasteiger partial charge in [-0.3, -0.25) is 0 Å². The molecule has 1 aromatic rings. The van der Waals surface area contributed by atoms with Gasteiger partial charge in [-0.15, -0.1) is 11.3 Å². The van der Waals surface area contributed by atoms with Gasteiger partial charge in [0.05, 0.1) is 5.75 Å². The van der Waals surface area contributed by atoms with Crippen LogP contribution in [0.4, 0.5) is 5.13 Å². The van der Waals surface area contributed by atoms with E-state index in [9.17, 15) is 8.42 Å². The van der Waals surface area contributed by atoms with Gasteiger partial charge in [0.15, 0.2) is 5.13 Å². The summed E-state index contributed by atoms with van der Waals surface area (Å²) in [6.45, 7) is 3.74. The number of sulfonamides is 1. The number of hydrogen-bond donors (Lipinski definition) is 1. The minimum atomic E-state index is -3.10. The quantitative estimate of drug-likeness (QED) is 0.871. The molecule has 0 aromatic carbocycles. The number of aromatic nitrogens is 1. The largest absolute Gasteiger partial charge is 0.348 e. The van der Waals surface area contributed by atoms with Crippen molar-refractivity contribution < 1.29 is 8.42 Å². The SMILES string of the molecule is CCCCS(=O)(=O)NC1CCN(c2nccs2)CC1. The lowest BCUT2D eigenvalue weighted by atomic mass is 10.1. The summed E-state index contributed by atoms with van der Waals surface area (Å²) >= 11 is 1.63. The zero-order valence-electron chi connectivity index (χ0n) is 11.2. The van der Waals surface area contributed by atoms with Crippen molar-refractivity contribution in [3.63, 3.8) is 0 Å². The van der Waals surface area contributed by atoms with E-state index in [1.807, 2.05) is 12.3 Å². The van der Waals surface area contributed by atoms with Gasteiger partial charge < -0.3 is 4.90 Å². The van der Waals surface area contributed by atoms with Crippen molar-refractivity contribution in [2.75, 3.05) is 23.7 Å². The van der Waals surface area contributed by atoms with Crippen molar-refractivity contribution in [3.8, 4) is 0 Å². The number of anilines is 1. The van der Waals surface area contributed by atoms with Gasteiger partial charge >= 0.3 is 0 Å². The van der Waals surface area contributed by atoms with Gasteiger partial charge in [0.25, 0.3) is 0 Å². The molecule has 1 N–H and O–H groups in total. The molecule has 108 valence electrons. The van der Waals surface area contributed by atoms with Gasteiger partial charge in [0.1, 0.15) is 0 Å². The topological polar surface area (TPSA) is 62.3 Å². The standard InChI is InChI=1S/C12H21N3O2S2/c1-2-3-10-19(16,17)14-11-4-7-15(8-5-11)12-13-6-9-18-12/h6,9,11,14H,2-5,7-8,10H2,1H3. The smallest absolute Gasteiger partial charge is 0.211 e. The number of nitrogens with one attached hydrogen (secondary N) is 1. The Kier molecular flexibility index (Phi) is 5.18. The monoisotopic (exact) mass is 303 g/mol. The van der Waals surface area contributed by atoms with E-state index in [1.165, 1.54) is 0 Å². The van der Waals surface area contributed by atoms with Crippen molar-refractivity contribution in [2.45, 2.75) is 38.6 Å². The van der Waals surface area contributed by atoms with E-state index in [2.05, 4.69) is 14.6 Å². The molecule has 1 aliphatic heterocycles. The van der Waals surface area contributed by atoms with Crippen LogP contribution in [0.1, 0.15) is 32.6 Å². The fourth-order valence-corrected chi connectivity index (χ4v) is 4.43. The van der Waals surface area contributed by atoms with Gasteiger partial charge in [-0.05, 0) is 19.3 Å². The van der Waals surface area contributed by atoms with Crippen molar-refractivity contribution >= 4 is 26.5 Å². The highest BCUT2D eigenvalue weighted by Gasteiger charge is 2.24. The van der Waals surface area contributed by atoms with Gasteiger partial charge in [0.2, 0.25) is 10.0 Å². The third-order valence-corrected chi connectivity index (χ3v) is 5.65. The molecule has 19 heavy (non-hydrogen) atoms. The molecule has 5 nitrogen and oxygen atoms in total. The summed E-state index contributed by atoms with van der Waals surface area (Å²) in [4.78, 5) is 6.51. The van der Waals surface area contributed by atoms with Crippen LogP contribution in [0, 0.1) is 0 Å². The average Bonchev–Trinajstić information content (AvgIpc) is 2.91. The van der Waals surface area contributed by atoms with E-state index < -0.39 is 10.0 Å². The van der Waals surface area contributed by atoms with E-state index in [-0.39, 0.29) is 11.8 Å². The molecule has 0 radical (unpaired) electrons. The van der Waals surface area contributed by atoms with Gasteiger partial charge in [-0.2, -0.15) is 0 Å². The van der Waals surface area contributed by atoms with Crippen LogP contribution in [0.2, 0.25) is 0 Å². The molecule has 1 aromatic heterocycles. The molecule has 0 saturated carbocycles. The molecule has 7 heteroatoms. The minimum absolute atomic E-state index is 0.0815. The molecule has 2 rings (SSSR count). The van der Waals surface area contributed by atoms with Crippen LogP contribution in [0.15, 0.2) is 11.6 Å². The third kappa shape index (κ3) is 4.43. The molecular formula is C12H21N3O2S2. The maximum absolute atomic E-state index is 11.8. The van der Waals surface area contributed by atoms with Crippen LogP contribution in [-0.4, -0.2) is 38.3 Å². The van der Waals surface area contributed by atoms with Crippen molar-refractivity contribution in [2.24, 2.45) is 0 Å². The zero-order chi connectivity index (χ0) is 13.7. The fourth-order valence-electron chi connectivity index (χ4n) is 2.21. The number of hydrogen-bond acceptors (Lipinski definition) is 5. The minimum Gasteiger partial charge on any atom is -0.348 e. The highest BCUT2D eigenvalue weighted by Crippen LogP contribution is 2.22. The summed E-state index contributed by atoms with van der Waals surface area (Å²) in [5.41, 5.74) is 0. The predicted octanol–water partition coefficient (Wildman–Crippen LogP) is 1.83. The highest BCUT2D eigenvalue weighted by atomic mass is 32.2. The molecular weight excluding hydrogens is 282 g/mol. The Labute approximate surface area is 119 Å². The zero-order valence-corrected chi connectivity index (χ0v) is 12.8. The normalized spacial score (nSPS) is 17.8. The molecule has 0 aliphatic carbocycles. The van der Waals surface area contributed by atoms with Crippen LogP contribution >= 0.6 is 11.3 Å². The fraction of sp³-hybridized carbons (Fsp3) is 0.750. The van der Waals surface area contributed by atoms with Crippen LogP contribution < -0.4 is 9.62 Å². The molecule has 0 atom stereocenters. The Balaban J connectivity index is 1.80. The first-order valence-electron chi connectivity index (χ1n) is 6.75. The maximum atomic E-state index is 11.8. The Morgan fingerprint density at radius 1 is 1.47 bits per heavy atom. The predicted molar refractivity (Wildman–Crippen MR) is 79.2 cm³/mol. The Hall–Kier alpha value is -0.660. The average molecular weight is 303 g/mol.